The predicted molar refractivity (Wildman–Crippen MR) is 97.4 cm³/mol. The third-order valence-electron chi connectivity index (χ3n) is 5.40. The van der Waals surface area contributed by atoms with Crippen molar-refractivity contribution in [1.82, 2.24) is 5.32 Å². The van der Waals surface area contributed by atoms with Crippen molar-refractivity contribution in [1.29, 1.82) is 0 Å². The van der Waals surface area contributed by atoms with Gasteiger partial charge in [-0.15, -0.1) is 0 Å². The Kier molecular flexibility index (Phi) is 8.37. The quantitative estimate of drug-likeness (QED) is 0.612. The lowest BCUT2D eigenvalue weighted by Gasteiger charge is -2.35. The largest absolute Gasteiger partial charge is 0.379 e. The Morgan fingerprint density at radius 1 is 1.04 bits per heavy atom. The van der Waals surface area contributed by atoms with Gasteiger partial charge in [-0.25, -0.2) is 0 Å². The lowest BCUT2D eigenvalue weighted by molar-refractivity contribution is -0.131. The minimum Gasteiger partial charge on any atom is -0.379 e. The van der Waals surface area contributed by atoms with Crippen molar-refractivity contribution in [2.75, 3.05) is 13.2 Å². The van der Waals surface area contributed by atoms with Gasteiger partial charge < -0.3 is 14.8 Å². The van der Waals surface area contributed by atoms with Crippen LogP contribution in [0.1, 0.15) is 72.1 Å². The molecule has 2 saturated carbocycles. The van der Waals surface area contributed by atoms with Crippen molar-refractivity contribution in [2.45, 2.75) is 90.4 Å². The van der Waals surface area contributed by atoms with Gasteiger partial charge in [0.2, 0.25) is 5.91 Å². The molecule has 0 aromatic heterocycles. The van der Waals surface area contributed by atoms with E-state index in [0.717, 1.165) is 51.6 Å². The second-order valence-electron chi connectivity index (χ2n) is 7.82. The van der Waals surface area contributed by atoms with E-state index in [-0.39, 0.29) is 23.8 Å². The monoisotopic (exact) mass is 353 g/mol. The maximum absolute atomic E-state index is 12.0. The van der Waals surface area contributed by atoms with Gasteiger partial charge in [-0.3, -0.25) is 9.59 Å². The highest BCUT2D eigenvalue weighted by Crippen LogP contribution is 2.30. The minimum absolute atomic E-state index is 0.0871. The molecule has 0 atom stereocenters. The molecule has 0 radical (unpaired) electrons. The van der Waals surface area contributed by atoms with Gasteiger partial charge in [0, 0.05) is 37.5 Å². The molecule has 2 aliphatic rings. The maximum Gasteiger partial charge on any atom is 0.220 e. The van der Waals surface area contributed by atoms with E-state index < -0.39 is 0 Å². The summed E-state index contributed by atoms with van der Waals surface area (Å²) in [4.78, 5) is 23.8. The van der Waals surface area contributed by atoms with E-state index in [2.05, 4.69) is 5.32 Å². The SMILES string of the molecule is CCO[C@H]1CC[C@@H](OCCCC(=O)N[C@H]2C[C@@H](C(=O)C(C)C)C2)CC1. The maximum atomic E-state index is 12.0. The highest BCUT2D eigenvalue weighted by atomic mass is 16.5. The minimum atomic E-state index is 0.0871. The van der Waals surface area contributed by atoms with E-state index in [9.17, 15) is 9.59 Å². The summed E-state index contributed by atoms with van der Waals surface area (Å²) in [6.07, 6.45) is 7.90. The van der Waals surface area contributed by atoms with Gasteiger partial charge in [0.15, 0.2) is 0 Å². The van der Waals surface area contributed by atoms with E-state index in [1.54, 1.807) is 0 Å². The number of hydrogen-bond donors (Lipinski definition) is 1. The van der Waals surface area contributed by atoms with E-state index in [4.69, 9.17) is 9.47 Å². The average molecular weight is 354 g/mol. The second kappa shape index (κ2) is 10.3. The molecule has 2 rings (SSSR count). The molecule has 0 bridgehead atoms. The number of ether oxygens (including phenoxy) is 2. The van der Waals surface area contributed by atoms with Gasteiger partial charge in [-0.05, 0) is 51.9 Å². The molecule has 2 aliphatic carbocycles. The van der Waals surface area contributed by atoms with E-state index in [1.165, 1.54) is 0 Å². The normalized spacial score (nSPS) is 29.3. The van der Waals surface area contributed by atoms with Crippen molar-refractivity contribution in [3.8, 4) is 0 Å². The Hall–Kier alpha value is -0.940. The average Bonchev–Trinajstić information content (AvgIpc) is 2.55. The summed E-state index contributed by atoms with van der Waals surface area (Å²) >= 11 is 0. The number of amides is 1. The molecular weight excluding hydrogens is 318 g/mol. The Labute approximate surface area is 152 Å². The van der Waals surface area contributed by atoms with Crippen LogP contribution >= 0.6 is 0 Å². The zero-order valence-corrected chi connectivity index (χ0v) is 16.1. The summed E-state index contributed by atoms with van der Waals surface area (Å²) in [5, 5.41) is 3.04. The fourth-order valence-electron chi connectivity index (χ4n) is 3.82. The van der Waals surface area contributed by atoms with Crippen molar-refractivity contribution >= 4 is 11.7 Å². The number of carbonyl (C=O) groups is 2. The van der Waals surface area contributed by atoms with Crippen LogP contribution in [-0.4, -0.2) is 43.2 Å². The smallest absolute Gasteiger partial charge is 0.220 e. The molecule has 1 amide bonds. The molecule has 0 aromatic rings. The van der Waals surface area contributed by atoms with Crippen LogP contribution in [0, 0.1) is 11.8 Å². The Morgan fingerprint density at radius 3 is 2.20 bits per heavy atom. The number of ketones is 1. The zero-order valence-electron chi connectivity index (χ0n) is 16.1. The third-order valence-corrected chi connectivity index (χ3v) is 5.40. The number of nitrogens with one attached hydrogen (secondary N) is 1. The van der Waals surface area contributed by atoms with Crippen LogP contribution in [0.5, 0.6) is 0 Å². The van der Waals surface area contributed by atoms with Crippen molar-refractivity contribution in [3.05, 3.63) is 0 Å². The summed E-state index contributed by atoms with van der Waals surface area (Å²) in [6, 6.07) is 0.190. The molecule has 1 N–H and O–H groups in total. The fraction of sp³-hybridized carbons (Fsp3) is 0.900. The Morgan fingerprint density at radius 2 is 1.64 bits per heavy atom. The van der Waals surface area contributed by atoms with Crippen LogP contribution in [0.4, 0.5) is 0 Å². The molecule has 25 heavy (non-hydrogen) atoms. The summed E-state index contributed by atoms with van der Waals surface area (Å²) in [7, 11) is 0. The topological polar surface area (TPSA) is 64.6 Å². The van der Waals surface area contributed by atoms with Crippen LogP contribution in [-0.2, 0) is 19.1 Å². The fourth-order valence-corrected chi connectivity index (χ4v) is 3.82. The molecule has 144 valence electrons. The first kappa shape index (κ1) is 20.4. The second-order valence-corrected chi connectivity index (χ2v) is 7.82. The molecule has 0 unspecified atom stereocenters. The Bertz CT molecular complexity index is 423. The molecular formula is C20H35NO4. The first-order valence-electron chi connectivity index (χ1n) is 10.1. The van der Waals surface area contributed by atoms with Crippen LogP contribution in [0.3, 0.4) is 0 Å². The van der Waals surface area contributed by atoms with Gasteiger partial charge in [-0.1, -0.05) is 13.8 Å². The van der Waals surface area contributed by atoms with Gasteiger partial charge in [0.05, 0.1) is 12.2 Å². The third kappa shape index (κ3) is 6.70. The summed E-state index contributed by atoms with van der Waals surface area (Å²) in [6.45, 7) is 7.36. The number of hydrogen-bond acceptors (Lipinski definition) is 4. The first-order chi connectivity index (χ1) is 12.0. The predicted octanol–water partition coefficient (Wildman–Crippen LogP) is 3.25. The molecule has 0 saturated heterocycles. The molecule has 5 heteroatoms. The van der Waals surface area contributed by atoms with Crippen molar-refractivity contribution < 1.29 is 19.1 Å². The van der Waals surface area contributed by atoms with Crippen LogP contribution in [0.25, 0.3) is 0 Å². The molecule has 5 nitrogen and oxygen atoms in total. The molecule has 0 aromatic carbocycles. The summed E-state index contributed by atoms with van der Waals surface area (Å²) < 4.78 is 11.5. The number of rotatable bonds is 10. The zero-order chi connectivity index (χ0) is 18.2. The number of Topliss-reactive ketones (excluding diaryl/α,β-unsaturated/α-hetero) is 1. The summed E-state index contributed by atoms with van der Waals surface area (Å²) in [5.74, 6) is 0.671. The van der Waals surface area contributed by atoms with Gasteiger partial charge in [0.1, 0.15) is 5.78 Å². The molecule has 0 spiro atoms. The van der Waals surface area contributed by atoms with Crippen LogP contribution in [0.2, 0.25) is 0 Å². The van der Waals surface area contributed by atoms with Crippen LogP contribution in [0.15, 0.2) is 0 Å². The number of carbonyl (C=O) groups excluding carboxylic acids is 2. The van der Waals surface area contributed by atoms with Gasteiger partial charge in [-0.2, -0.15) is 0 Å². The summed E-state index contributed by atoms with van der Waals surface area (Å²) in [5.41, 5.74) is 0. The van der Waals surface area contributed by atoms with E-state index >= 15 is 0 Å². The van der Waals surface area contributed by atoms with Crippen molar-refractivity contribution in [2.24, 2.45) is 11.8 Å². The highest BCUT2D eigenvalue weighted by Gasteiger charge is 2.35. The highest BCUT2D eigenvalue weighted by molar-refractivity contribution is 5.84. The van der Waals surface area contributed by atoms with E-state index in [1.807, 2.05) is 20.8 Å². The van der Waals surface area contributed by atoms with Crippen molar-refractivity contribution in [3.63, 3.8) is 0 Å². The first-order valence-corrected chi connectivity index (χ1v) is 10.1. The van der Waals surface area contributed by atoms with Gasteiger partial charge >= 0.3 is 0 Å². The molecule has 2 fully saturated rings. The van der Waals surface area contributed by atoms with Gasteiger partial charge in [0.25, 0.3) is 0 Å². The standard InChI is InChI=1S/C20H35NO4/c1-4-24-17-7-9-18(10-8-17)25-11-5-6-19(22)21-16-12-15(13-16)20(23)14(2)3/h14-18H,4-13H2,1-3H3,(H,21,22)/t15-,16+,17-,18+. The molecule has 0 aliphatic heterocycles. The lowest BCUT2D eigenvalue weighted by Crippen LogP contribution is -2.47. The Balaban J connectivity index is 1.48. The van der Waals surface area contributed by atoms with E-state index in [0.29, 0.717) is 31.0 Å². The lowest BCUT2D eigenvalue weighted by atomic mass is 9.75. The van der Waals surface area contributed by atoms with Crippen LogP contribution < -0.4 is 5.32 Å². The molecule has 0 heterocycles.